The Morgan fingerprint density at radius 3 is 2.67 bits per heavy atom. The van der Waals surface area contributed by atoms with E-state index in [2.05, 4.69) is 50.5 Å². The van der Waals surface area contributed by atoms with Crippen LogP contribution in [0.15, 0.2) is 24.3 Å². The lowest BCUT2D eigenvalue weighted by Crippen LogP contribution is -2.22. The zero-order chi connectivity index (χ0) is 14.8. The van der Waals surface area contributed by atoms with Gasteiger partial charge in [0.1, 0.15) is 0 Å². The van der Waals surface area contributed by atoms with Gasteiger partial charge in [0.15, 0.2) is 0 Å². The highest BCUT2D eigenvalue weighted by atomic mass is 14.9. The molecule has 4 unspecified atom stereocenters. The van der Waals surface area contributed by atoms with Gasteiger partial charge in [-0.05, 0) is 74.0 Å². The molecule has 2 fully saturated rings. The zero-order valence-electron chi connectivity index (χ0n) is 13.9. The number of hydrogen-bond donors (Lipinski definition) is 1. The highest BCUT2D eigenvalue weighted by Crippen LogP contribution is 2.50. The summed E-state index contributed by atoms with van der Waals surface area (Å²) in [6.45, 7) is 4.61. The SMILES string of the molecule is CNC(CC1CC2CCC1C2)c1cccc(CC(C)C)c1. The summed E-state index contributed by atoms with van der Waals surface area (Å²) in [4.78, 5) is 0. The summed E-state index contributed by atoms with van der Waals surface area (Å²) < 4.78 is 0. The van der Waals surface area contributed by atoms with E-state index in [9.17, 15) is 0 Å². The van der Waals surface area contributed by atoms with Crippen LogP contribution in [0, 0.1) is 23.7 Å². The Kier molecular flexibility index (Phi) is 4.69. The molecule has 0 spiro atoms. The van der Waals surface area contributed by atoms with Gasteiger partial charge in [0.05, 0.1) is 0 Å². The van der Waals surface area contributed by atoms with Crippen molar-refractivity contribution >= 4 is 0 Å². The van der Waals surface area contributed by atoms with Crippen LogP contribution in [0.4, 0.5) is 0 Å². The van der Waals surface area contributed by atoms with Crippen molar-refractivity contribution in [3.63, 3.8) is 0 Å². The molecular weight excluding hydrogens is 254 g/mol. The summed E-state index contributed by atoms with van der Waals surface area (Å²) in [5.74, 6) is 3.79. The lowest BCUT2D eigenvalue weighted by molar-refractivity contribution is 0.284. The minimum absolute atomic E-state index is 0.543. The van der Waals surface area contributed by atoms with Crippen LogP contribution >= 0.6 is 0 Å². The summed E-state index contributed by atoms with van der Waals surface area (Å²) in [5.41, 5.74) is 2.99. The van der Waals surface area contributed by atoms with Crippen LogP contribution in [0.2, 0.25) is 0 Å². The van der Waals surface area contributed by atoms with Gasteiger partial charge in [-0.15, -0.1) is 0 Å². The first kappa shape index (κ1) is 15.1. The molecule has 4 atom stereocenters. The fourth-order valence-electron chi connectivity index (χ4n) is 4.80. The van der Waals surface area contributed by atoms with E-state index in [0.717, 1.165) is 23.7 Å². The summed E-state index contributed by atoms with van der Waals surface area (Å²) in [6.07, 6.45) is 8.55. The Bertz CT molecular complexity index is 465. The smallest absolute Gasteiger partial charge is 0.0320 e. The van der Waals surface area contributed by atoms with Gasteiger partial charge < -0.3 is 5.32 Å². The number of fused-ring (bicyclic) bond motifs is 2. The maximum atomic E-state index is 3.59. The maximum absolute atomic E-state index is 3.59. The highest BCUT2D eigenvalue weighted by molar-refractivity contribution is 5.26. The Morgan fingerprint density at radius 2 is 2.05 bits per heavy atom. The molecule has 0 radical (unpaired) electrons. The molecule has 2 aliphatic carbocycles. The van der Waals surface area contributed by atoms with Crippen LogP contribution in [-0.2, 0) is 6.42 Å². The molecule has 0 amide bonds. The van der Waals surface area contributed by atoms with Gasteiger partial charge in [0.2, 0.25) is 0 Å². The third-order valence-electron chi connectivity index (χ3n) is 5.77. The molecule has 2 saturated carbocycles. The fraction of sp³-hybridized carbons (Fsp3) is 0.700. The lowest BCUT2D eigenvalue weighted by atomic mass is 9.82. The third-order valence-corrected chi connectivity index (χ3v) is 5.77. The second kappa shape index (κ2) is 6.52. The summed E-state index contributed by atoms with van der Waals surface area (Å²) in [5, 5.41) is 3.59. The number of nitrogens with one attached hydrogen (secondary N) is 1. The second-order valence-corrected chi connectivity index (χ2v) is 7.85. The van der Waals surface area contributed by atoms with E-state index in [1.165, 1.54) is 49.7 Å². The molecule has 0 aromatic heterocycles. The molecule has 2 aliphatic rings. The Labute approximate surface area is 130 Å². The van der Waals surface area contributed by atoms with E-state index in [4.69, 9.17) is 0 Å². The van der Waals surface area contributed by atoms with Crippen molar-refractivity contribution in [1.82, 2.24) is 5.32 Å². The van der Waals surface area contributed by atoms with Crippen molar-refractivity contribution in [1.29, 1.82) is 0 Å². The van der Waals surface area contributed by atoms with Gasteiger partial charge >= 0.3 is 0 Å². The molecule has 0 saturated heterocycles. The third kappa shape index (κ3) is 3.51. The van der Waals surface area contributed by atoms with Gasteiger partial charge in [-0.2, -0.15) is 0 Å². The van der Waals surface area contributed by atoms with Crippen LogP contribution in [0.5, 0.6) is 0 Å². The van der Waals surface area contributed by atoms with Crippen LogP contribution < -0.4 is 5.32 Å². The van der Waals surface area contributed by atoms with E-state index >= 15 is 0 Å². The maximum Gasteiger partial charge on any atom is 0.0320 e. The van der Waals surface area contributed by atoms with Crippen molar-refractivity contribution in [2.75, 3.05) is 7.05 Å². The Hall–Kier alpha value is -0.820. The number of hydrogen-bond acceptors (Lipinski definition) is 1. The molecule has 2 bridgehead atoms. The minimum atomic E-state index is 0.543. The molecule has 1 heteroatoms. The van der Waals surface area contributed by atoms with Crippen LogP contribution in [0.25, 0.3) is 0 Å². The first-order valence-electron chi connectivity index (χ1n) is 8.91. The van der Waals surface area contributed by atoms with E-state index in [0.29, 0.717) is 6.04 Å². The van der Waals surface area contributed by atoms with Gasteiger partial charge in [0, 0.05) is 6.04 Å². The van der Waals surface area contributed by atoms with E-state index < -0.39 is 0 Å². The van der Waals surface area contributed by atoms with E-state index in [1.807, 2.05) is 0 Å². The topological polar surface area (TPSA) is 12.0 Å². The zero-order valence-corrected chi connectivity index (χ0v) is 13.9. The molecule has 0 aliphatic heterocycles. The first-order chi connectivity index (χ1) is 10.2. The summed E-state index contributed by atoms with van der Waals surface area (Å²) in [7, 11) is 2.13. The first-order valence-corrected chi connectivity index (χ1v) is 8.91. The minimum Gasteiger partial charge on any atom is -0.313 e. The van der Waals surface area contributed by atoms with Crippen molar-refractivity contribution in [3.05, 3.63) is 35.4 Å². The summed E-state index contributed by atoms with van der Waals surface area (Å²) in [6, 6.07) is 9.83. The lowest BCUT2D eigenvalue weighted by Gasteiger charge is -2.27. The molecule has 0 heterocycles. The van der Waals surface area contributed by atoms with Crippen LogP contribution in [0.3, 0.4) is 0 Å². The van der Waals surface area contributed by atoms with E-state index in [-0.39, 0.29) is 0 Å². The average Bonchev–Trinajstić information content (AvgIpc) is 3.06. The molecule has 1 aromatic carbocycles. The molecule has 21 heavy (non-hydrogen) atoms. The molecule has 1 aromatic rings. The van der Waals surface area contributed by atoms with Gasteiger partial charge in [-0.25, -0.2) is 0 Å². The highest BCUT2D eigenvalue weighted by Gasteiger charge is 2.40. The van der Waals surface area contributed by atoms with Crippen molar-refractivity contribution in [3.8, 4) is 0 Å². The molecule has 116 valence electrons. The average molecular weight is 285 g/mol. The van der Waals surface area contributed by atoms with Crippen LogP contribution in [0.1, 0.15) is 63.1 Å². The fourth-order valence-corrected chi connectivity index (χ4v) is 4.80. The molecular formula is C20H31N. The van der Waals surface area contributed by atoms with Crippen molar-refractivity contribution in [2.45, 2.75) is 58.4 Å². The predicted octanol–water partition coefficient (Wildman–Crippen LogP) is 4.97. The predicted molar refractivity (Wildman–Crippen MR) is 90.3 cm³/mol. The van der Waals surface area contributed by atoms with Gasteiger partial charge in [-0.1, -0.05) is 44.5 Å². The standard InChI is InChI=1S/C20H31N/c1-14(2)9-15-5-4-6-18(11-15)20(21-3)13-19-12-16-7-8-17(19)10-16/h4-6,11,14,16-17,19-21H,7-10,12-13H2,1-3H3. The molecule has 1 N–H and O–H groups in total. The molecule has 1 nitrogen and oxygen atoms in total. The number of benzene rings is 1. The van der Waals surface area contributed by atoms with Gasteiger partial charge in [0.25, 0.3) is 0 Å². The largest absolute Gasteiger partial charge is 0.313 e. The van der Waals surface area contributed by atoms with Crippen LogP contribution in [-0.4, -0.2) is 7.05 Å². The Balaban J connectivity index is 1.68. The monoisotopic (exact) mass is 285 g/mol. The second-order valence-electron chi connectivity index (χ2n) is 7.85. The molecule has 3 rings (SSSR count). The van der Waals surface area contributed by atoms with Gasteiger partial charge in [-0.3, -0.25) is 0 Å². The van der Waals surface area contributed by atoms with Crippen molar-refractivity contribution in [2.24, 2.45) is 23.7 Å². The van der Waals surface area contributed by atoms with E-state index in [1.54, 1.807) is 0 Å². The quantitative estimate of drug-likeness (QED) is 0.778. The Morgan fingerprint density at radius 1 is 1.19 bits per heavy atom. The summed E-state index contributed by atoms with van der Waals surface area (Å²) >= 11 is 0. The normalized spacial score (nSPS) is 29.2. The number of rotatable bonds is 6. The van der Waals surface area contributed by atoms with Crippen molar-refractivity contribution < 1.29 is 0 Å².